The number of nitrogens with one attached hydrogen (secondary N) is 2. The van der Waals surface area contributed by atoms with E-state index < -0.39 is 0 Å². The average Bonchev–Trinajstić information content (AvgIpc) is 3.32. The summed E-state index contributed by atoms with van der Waals surface area (Å²) in [7, 11) is 1.78. The third-order valence-electron chi connectivity index (χ3n) is 6.58. The fourth-order valence-corrected chi connectivity index (χ4v) is 4.82. The van der Waals surface area contributed by atoms with Crippen molar-refractivity contribution in [1.82, 2.24) is 9.88 Å². The number of aromatic nitrogens is 1. The van der Waals surface area contributed by atoms with Crippen LogP contribution in [0.4, 0.5) is 5.69 Å². The molecule has 0 saturated carbocycles. The Labute approximate surface area is 205 Å². The fourth-order valence-electron chi connectivity index (χ4n) is 4.82. The summed E-state index contributed by atoms with van der Waals surface area (Å²) in [4.78, 5) is 17.4. The molecule has 6 heteroatoms. The first kappa shape index (κ1) is 23.1. The van der Waals surface area contributed by atoms with Gasteiger partial charge in [0, 0.05) is 43.4 Å². The number of para-hydroxylation sites is 1. The lowest BCUT2D eigenvalue weighted by Crippen LogP contribution is -2.36. The van der Waals surface area contributed by atoms with Gasteiger partial charge in [-0.3, -0.25) is 9.69 Å². The number of ether oxygens (including phenoxy) is 2. The number of aromatic amines is 1. The molecule has 35 heavy (non-hydrogen) atoms. The number of anilines is 1. The number of likely N-dealkylation sites (tertiary alicyclic amines) is 1. The zero-order valence-corrected chi connectivity index (χ0v) is 20.0. The van der Waals surface area contributed by atoms with Crippen molar-refractivity contribution in [3.05, 3.63) is 89.2 Å². The summed E-state index contributed by atoms with van der Waals surface area (Å²) >= 11 is 0. The van der Waals surface area contributed by atoms with Crippen LogP contribution in [0.5, 0.6) is 11.5 Å². The van der Waals surface area contributed by atoms with E-state index in [1.54, 1.807) is 7.11 Å². The van der Waals surface area contributed by atoms with E-state index >= 15 is 0 Å². The number of rotatable bonds is 9. The molecular weight excluding hydrogens is 438 g/mol. The van der Waals surface area contributed by atoms with E-state index in [9.17, 15) is 4.79 Å². The summed E-state index contributed by atoms with van der Waals surface area (Å²) in [6, 6.07) is 26.1. The molecule has 180 valence electrons. The predicted molar refractivity (Wildman–Crippen MR) is 141 cm³/mol. The molecule has 2 N–H and O–H groups in total. The van der Waals surface area contributed by atoms with E-state index in [4.69, 9.17) is 9.47 Å². The van der Waals surface area contributed by atoms with E-state index in [0.29, 0.717) is 17.5 Å². The van der Waals surface area contributed by atoms with Crippen molar-refractivity contribution in [3.8, 4) is 22.6 Å². The molecule has 2 heterocycles. The highest BCUT2D eigenvalue weighted by Gasteiger charge is 2.23. The molecule has 1 fully saturated rings. The average molecular weight is 470 g/mol. The van der Waals surface area contributed by atoms with Crippen LogP contribution in [0.25, 0.3) is 22.0 Å². The second-order valence-electron chi connectivity index (χ2n) is 8.96. The highest BCUT2D eigenvalue weighted by molar-refractivity contribution is 5.85. The van der Waals surface area contributed by atoms with Gasteiger partial charge in [-0.2, -0.15) is 0 Å². The maximum Gasteiger partial charge on any atom is 0.252 e. The van der Waals surface area contributed by atoms with Crippen molar-refractivity contribution in [2.75, 3.05) is 38.7 Å². The quantitative estimate of drug-likeness (QED) is 0.338. The zero-order chi connectivity index (χ0) is 24.0. The van der Waals surface area contributed by atoms with Crippen molar-refractivity contribution in [1.29, 1.82) is 0 Å². The Morgan fingerprint density at radius 3 is 2.71 bits per heavy atom. The van der Waals surface area contributed by atoms with Crippen LogP contribution in [0, 0.1) is 0 Å². The van der Waals surface area contributed by atoms with Crippen LogP contribution in [-0.4, -0.2) is 49.3 Å². The van der Waals surface area contributed by atoms with Crippen LogP contribution in [0.2, 0.25) is 0 Å². The minimum atomic E-state index is -0.183. The summed E-state index contributed by atoms with van der Waals surface area (Å²) in [6.07, 6.45) is 2.48. The maximum absolute atomic E-state index is 12.1. The van der Waals surface area contributed by atoms with Crippen molar-refractivity contribution < 1.29 is 9.47 Å². The highest BCUT2D eigenvalue weighted by Crippen LogP contribution is 2.31. The smallest absolute Gasteiger partial charge is 0.252 e. The maximum atomic E-state index is 12.1. The molecule has 6 nitrogen and oxygen atoms in total. The molecule has 0 spiro atoms. The largest absolute Gasteiger partial charge is 0.456 e. The number of hydrogen-bond acceptors (Lipinski definition) is 5. The van der Waals surface area contributed by atoms with Crippen molar-refractivity contribution in [2.45, 2.75) is 18.9 Å². The molecule has 0 aliphatic carbocycles. The van der Waals surface area contributed by atoms with Gasteiger partial charge < -0.3 is 19.8 Å². The Balaban J connectivity index is 1.24. The molecule has 4 aromatic rings. The predicted octanol–water partition coefficient (Wildman–Crippen LogP) is 5.51. The van der Waals surface area contributed by atoms with Gasteiger partial charge in [-0.25, -0.2) is 0 Å². The third-order valence-corrected chi connectivity index (χ3v) is 6.58. The summed E-state index contributed by atoms with van der Waals surface area (Å²) in [5.74, 6) is 1.24. The lowest BCUT2D eigenvalue weighted by molar-refractivity contribution is 0.118. The van der Waals surface area contributed by atoms with Crippen LogP contribution >= 0.6 is 0 Å². The van der Waals surface area contributed by atoms with Gasteiger partial charge in [-0.05, 0) is 66.9 Å². The first-order valence-corrected chi connectivity index (χ1v) is 12.2. The number of methoxy groups -OCH3 is 1. The van der Waals surface area contributed by atoms with Gasteiger partial charge >= 0.3 is 0 Å². The van der Waals surface area contributed by atoms with Gasteiger partial charge in [0.15, 0.2) is 0 Å². The van der Waals surface area contributed by atoms with Gasteiger partial charge in [0.2, 0.25) is 0 Å². The molecule has 0 unspecified atom stereocenters. The molecule has 1 aromatic heterocycles. The van der Waals surface area contributed by atoms with Crippen LogP contribution < -0.4 is 15.6 Å². The molecule has 1 aliphatic rings. The van der Waals surface area contributed by atoms with Gasteiger partial charge in [0.25, 0.3) is 5.56 Å². The van der Waals surface area contributed by atoms with Gasteiger partial charge in [-0.15, -0.1) is 0 Å². The molecule has 1 aliphatic heterocycles. The number of fused-ring (bicyclic) bond motifs is 1. The Morgan fingerprint density at radius 1 is 1.00 bits per heavy atom. The van der Waals surface area contributed by atoms with Crippen LogP contribution in [0.15, 0.2) is 83.7 Å². The van der Waals surface area contributed by atoms with Crippen molar-refractivity contribution in [2.24, 2.45) is 0 Å². The third kappa shape index (κ3) is 5.56. The standard InChI is InChI=1S/C29H31N3O3/c1-34-20-24-7-5-16-32(24)17-15-30-23-13-11-21(12-14-23)22-6-4-8-25(18-22)35-28-19-29(33)31-27-10-3-2-9-26(27)28/h2-4,6,8-14,18-19,24,30H,5,7,15-17,20H2,1H3,(H,31,33)/t24-/m0/s1. The van der Waals surface area contributed by atoms with Crippen LogP contribution in [-0.2, 0) is 4.74 Å². The monoisotopic (exact) mass is 469 g/mol. The number of H-pyrrole nitrogens is 1. The summed E-state index contributed by atoms with van der Waals surface area (Å²) < 4.78 is 11.5. The van der Waals surface area contributed by atoms with Gasteiger partial charge in [-0.1, -0.05) is 36.4 Å². The van der Waals surface area contributed by atoms with E-state index in [0.717, 1.165) is 54.0 Å². The molecule has 3 aromatic carbocycles. The Morgan fingerprint density at radius 2 is 1.86 bits per heavy atom. The van der Waals surface area contributed by atoms with Crippen molar-refractivity contribution in [3.63, 3.8) is 0 Å². The molecule has 0 amide bonds. The zero-order valence-electron chi connectivity index (χ0n) is 20.0. The summed E-state index contributed by atoms with van der Waals surface area (Å²) in [5.41, 5.74) is 3.85. The topological polar surface area (TPSA) is 66.6 Å². The first-order chi connectivity index (χ1) is 17.2. The molecule has 1 atom stereocenters. The number of pyridine rings is 1. The van der Waals surface area contributed by atoms with Crippen molar-refractivity contribution >= 4 is 16.6 Å². The number of hydrogen-bond donors (Lipinski definition) is 2. The first-order valence-electron chi connectivity index (χ1n) is 12.2. The fraction of sp³-hybridized carbons (Fsp3) is 0.276. The molecular formula is C29H31N3O3. The molecule has 0 bridgehead atoms. The second kappa shape index (κ2) is 10.8. The normalized spacial score (nSPS) is 16.0. The molecule has 5 rings (SSSR count). The Kier molecular flexibility index (Phi) is 7.12. The van der Waals surface area contributed by atoms with Gasteiger partial charge in [0.05, 0.1) is 12.1 Å². The van der Waals surface area contributed by atoms with Crippen LogP contribution in [0.1, 0.15) is 12.8 Å². The number of nitrogens with zero attached hydrogens (tertiary/aromatic N) is 1. The molecule has 0 radical (unpaired) electrons. The Hall–Kier alpha value is -3.61. The molecule has 1 saturated heterocycles. The second-order valence-corrected chi connectivity index (χ2v) is 8.96. The lowest BCUT2D eigenvalue weighted by Gasteiger charge is -2.24. The SMILES string of the molecule is COC[C@@H]1CCCN1CCNc1ccc(-c2cccc(Oc3cc(=O)[nH]c4ccccc34)c2)cc1. The van der Waals surface area contributed by atoms with Gasteiger partial charge in [0.1, 0.15) is 11.5 Å². The number of benzene rings is 3. The Bertz CT molecular complexity index is 1330. The highest BCUT2D eigenvalue weighted by atomic mass is 16.5. The summed E-state index contributed by atoms with van der Waals surface area (Å²) in [5, 5.41) is 4.41. The van der Waals surface area contributed by atoms with E-state index in [1.807, 2.05) is 42.5 Å². The minimum Gasteiger partial charge on any atom is -0.456 e. The van der Waals surface area contributed by atoms with E-state index in [1.165, 1.54) is 18.9 Å². The lowest BCUT2D eigenvalue weighted by atomic mass is 10.1. The summed E-state index contributed by atoms with van der Waals surface area (Å²) in [6.45, 7) is 3.90. The van der Waals surface area contributed by atoms with E-state index in [-0.39, 0.29) is 5.56 Å². The minimum absolute atomic E-state index is 0.183. The van der Waals surface area contributed by atoms with E-state index in [2.05, 4.69) is 45.5 Å². The van der Waals surface area contributed by atoms with Crippen LogP contribution in [0.3, 0.4) is 0 Å².